The lowest BCUT2D eigenvalue weighted by atomic mass is 10.1. The second kappa shape index (κ2) is 7.40. The molecule has 6 nitrogen and oxygen atoms in total. The molecule has 1 aromatic heterocycles. The molecule has 120 valence electrons. The molecule has 1 aromatic carbocycles. The van der Waals surface area contributed by atoms with Gasteiger partial charge in [0.05, 0.1) is 0 Å². The van der Waals surface area contributed by atoms with Crippen LogP contribution in [-0.2, 0) is 17.9 Å². The molecule has 2 aromatic rings. The molecule has 1 N–H and O–H groups in total. The number of benzene rings is 1. The molecule has 0 aliphatic carbocycles. The molecule has 23 heavy (non-hydrogen) atoms. The van der Waals surface area contributed by atoms with Gasteiger partial charge in [0.15, 0.2) is 0 Å². The number of hydrogen-bond donors (Lipinski definition) is 1. The fourth-order valence-electron chi connectivity index (χ4n) is 2.03. The number of pyridine rings is 1. The summed E-state index contributed by atoms with van der Waals surface area (Å²) < 4.78 is 1.34. The highest BCUT2D eigenvalue weighted by Crippen LogP contribution is 2.06. The van der Waals surface area contributed by atoms with E-state index >= 15 is 0 Å². The number of nitrogens with one attached hydrogen (secondary N) is 1. The van der Waals surface area contributed by atoms with Gasteiger partial charge in [-0.3, -0.25) is 14.4 Å². The predicted molar refractivity (Wildman–Crippen MR) is 87.0 cm³/mol. The second-order valence-corrected chi connectivity index (χ2v) is 5.34. The lowest BCUT2D eigenvalue weighted by Crippen LogP contribution is -2.31. The maximum absolute atomic E-state index is 11.9. The molecule has 0 bridgehead atoms. The van der Waals surface area contributed by atoms with Crippen molar-refractivity contribution in [3.05, 3.63) is 70.1 Å². The van der Waals surface area contributed by atoms with Crippen molar-refractivity contribution in [2.45, 2.75) is 13.1 Å². The summed E-state index contributed by atoms with van der Waals surface area (Å²) in [4.78, 5) is 36.7. The molecule has 0 aliphatic rings. The standard InChI is InChI=1S/C17H19N3O3/c1-19(2)17(23)14-8-6-13(7-9-14)11-18-15(21)12-20-10-4-3-5-16(20)22/h3-10H,11-12H2,1-2H3,(H,18,21). The minimum Gasteiger partial charge on any atom is -0.350 e. The lowest BCUT2D eigenvalue weighted by molar-refractivity contribution is -0.121. The zero-order valence-corrected chi connectivity index (χ0v) is 13.2. The first-order chi connectivity index (χ1) is 11.0. The molecule has 2 amide bonds. The van der Waals surface area contributed by atoms with Crippen molar-refractivity contribution < 1.29 is 9.59 Å². The normalized spacial score (nSPS) is 10.2. The Morgan fingerprint density at radius 2 is 1.78 bits per heavy atom. The largest absolute Gasteiger partial charge is 0.350 e. The Bertz CT molecular complexity index is 748. The van der Waals surface area contributed by atoms with Crippen LogP contribution in [0.1, 0.15) is 15.9 Å². The minimum atomic E-state index is -0.244. The molecule has 6 heteroatoms. The zero-order chi connectivity index (χ0) is 16.8. The van der Waals surface area contributed by atoms with Crippen LogP contribution in [-0.4, -0.2) is 35.4 Å². The van der Waals surface area contributed by atoms with Crippen molar-refractivity contribution in [3.8, 4) is 0 Å². The van der Waals surface area contributed by atoms with Gasteiger partial charge in [0.2, 0.25) is 5.91 Å². The maximum Gasteiger partial charge on any atom is 0.253 e. The molecule has 0 radical (unpaired) electrons. The molecule has 1 heterocycles. The van der Waals surface area contributed by atoms with E-state index in [4.69, 9.17) is 0 Å². The summed E-state index contributed by atoms with van der Waals surface area (Å²) in [6.07, 6.45) is 1.57. The van der Waals surface area contributed by atoms with E-state index in [2.05, 4.69) is 5.32 Å². The summed E-state index contributed by atoms with van der Waals surface area (Å²) >= 11 is 0. The van der Waals surface area contributed by atoms with Gasteiger partial charge >= 0.3 is 0 Å². The molecule has 0 saturated carbocycles. The Kier molecular flexibility index (Phi) is 5.30. The monoisotopic (exact) mass is 313 g/mol. The Morgan fingerprint density at radius 1 is 1.09 bits per heavy atom. The molecule has 2 rings (SSSR count). The topological polar surface area (TPSA) is 71.4 Å². The highest BCUT2D eigenvalue weighted by atomic mass is 16.2. The van der Waals surface area contributed by atoms with E-state index in [9.17, 15) is 14.4 Å². The van der Waals surface area contributed by atoms with E-state index in [1.54, 1.807) is 56.7 Å². The summed E-state index contributed by atoms with van der Waals surface area (Å²) in [6.45, 7) is 0.327. The van der Waals surface area contributed by atoms with Crippen molar-refractivity contribution >= 4 is 11.8 Å². The number of carbonyl (C=O) groups is 2. The number of amides is 2. The first-order valence-electron chi connectivity index (χ1n) is 7.20. The van der Waals surface area contributed by atoms with Gasteiger partial charge < -0.3 is 14.8 Å². The fourth-order valence-corrected chi connectivity index (χ4v) is 2.03. The van der Waals surface area contributed by atoms with E-state index in [1.807, 2.05) is 0 Å². The SMILES string of the molecule is CN(C)C(=O)c1ccc(CNC(=O)Cn2ccccc2=O)cc1. The zero-order valence-electron chi connectivity index (χ0n) is 13.2. The number of aromatic nitrogens is 1. The van der Waals surface area contributed by atoms with Crippen LogP contribution in [0.5, 0.6) is 0 Å². The smallest absolute Gasteiger partial charge is 0.253 e. The fraction of sp³-hybridized carbons (Fsp3) is 0.235. The third-order valence-electron chi connectivity index (χ3n) is 3.31. The van der Waals surface area contributed by atoms with E-state index in [0.29, 0.717) is 12.1 Å². The number of hydrogen-bond acceptors (Lipinski definition) is 3. The summed E-state index contributed by atoms with van der Waals surface area (Å²) in [7, 11) is 3.39. The summed E-state index contributed by atoms with van der Waals surface area (Å²) in [5.74, 6) is -0.309. The average Bonchev–Trinajstić information content (AvgIpc) is 2.55. The predicted octanol–water partition coefficient (Wildman–Crippen LogP) is 0.866. The molecule has 0 aliphatic heterocycles. The molecule has 0 unspecified atom stereocenters. The number of rotatable bonds is 5. The molecular weight excluding hydrogens is 294 g/mol. The van der Waals surface area contributed by atoms with Crippen LogP contribution in [0.15, 0.2) is 53.5 Å². The Labute approximate surface area is 134 Å². The van der Waals surface area contributed by atoms with Gasteiger partial charge in [-0.05, 0) is 23.8 Å². The number of carbonyl (C=O) groups excluding carboxylic acids is 2. The molecule has 0 fully saturated rings. The summed E-state index contributed by atoms with van der Waals surface area (Å²) in [6, 6.07) is 11.8. The van der Waals surface area contributed by atoms with Crippen LogP contribution in [0.3, 0.4) is 0 Å². The van der Waals surface area contributed by atoms with Crippen LogP contribution in [0.2, 0.25) is 0 Å². The van der Waals surface area contributed by atoms with Crippen molar-refractivity contribution in [1.29, 1.82) is 0 Å². The summed E-state index contributed by atoms with van der Waals surface area (Å²) in [5.41, 5.74) is 1.27. The van der Waals surface area contributed by atoms with E-state index < -0.39 is 0 Å². The van der Waals surface area contributed by atoms with E-state index in [1.165, 1.54) is 15.5 Å². The highest BCUT2D eigenvalue weighted by Gasteiger charge is 2.08. The third-order valence-corrected chi connectivity index (χ3v) is 3.31. The third kappa shape index (κ3) is 4.54. The van der Waals surface area contributed by atoms with Gasteiger partial charge in [-0.1, -0.05) is 18.2 Å². The van der Waals surface area contributed by atoms with Gasteiger partial charge in [-0.25, -0.2) is 0 Å². The van der Waals surface area contributed by atoms with Crippen molar-refractivity contribution in [3.63, 3.8) is 0 Å². The lowest BCUT2D eigenvalue weighted by Gasteiger charge is -2.11. The maximum atomic E-state index is 11.9. The van der Waals surface area contributed by atoms with Crippen molar-refractivity contribution in [1.82, 2.24) is 14.8 Å². The van der Waals surface area contributed by atoms with E-state index in [0.717, 1.165) is 5.56 Å². The first kappa shape index (κ1) is 16.5. The summed E-state index contributed by atoms with van der Waals surface area (Å²) in [5, 5.41) is 2.75. The highest BCUT2D eigenvalue weighted by molar-refractivity contribution is 5.93. The van der Waals surface area contributed by atoms with Gasteiger partial charge in [-0.2, -0.15) is 0 Å². The Hall–Kier alpha value is -2.89. The van der Waals surface area contributed by atoms with Crippen molar-refractivity contribution in [2.24, 2.45) is 0 Å². The minimum absolute atomic E-state index is 0.0170. The molecule has 0 spiro atoms. The average molecular weight is 313 g/mol. The molecule has 0 atom stereocenters. The van der Waals surface area contributed by atoms with Crippen LogP contribution >= 0.6 is 0 Å². The van der Waals surface area contributed by atoms with Crippen LogP contribution in [0, 0.1) is 0 Å². The number of nitrogens with zero attached hydrogens (tertiary/aromatic N) is 2. The van der Waals surface area contributed by atoms with Gasteiger partial charge in [0.25, 0.3) is 11.5 Å². The van der Waals surface area contributed by atoms with Crippen LogP contribution < -0.4 is 10.9 Å². The Morgan fingerprint density at radius 3 is 2.39 bits per heavy atom. The Balaban J connectivity index is 1.91. The van der Waals surface area contributed by atoms with E-state index in [-0.39, 0.29) is 23.9 Å². The van der Waals surface area contributed by atoms with Gasteiger partial charge in [0.1, 0.15) is 6.54 Å². The van der Waals surface area contributed by atoms with Gasteiger partial charge in [-0.15, -0.1) is 0 Å². The van der Waals surface area contributed by atoms with Crippen LogP contribution in [0.25, 0.3) is 0 Å². The van der Waals surface area contributed by atoms with Crippen molar-refractivity contribution in [2.75, 3.05) is 14.1 Å². The second-order valence-electron chi connectivity index (χ2n) is 5.34. The molecular formula is C17H19N3O3. The van der Waals surface area contributed by atoms with Gasteiger partial charge in [0, 0.05) is 38.5 Å². The quantitative estimate of drug-likeness (QED) is 0.890. The molecule has 0 saturated heterocycles. The first-order valence-corrected chi connectivity index (χ1v) is 7.20. The van der Waals surface area contributed by atoms with Crippen LogP contribution in [0.4, 0.5) is 0 Å².